The Morgan fingerprint density at radius 1 is 1.00 bits per heavy atom. The molecule has 0 fully saturated rings. The summed E-state index contributed by atoms with van der Waals surface area (Å²) >= 11 is 0. The van der Waals surface area contributed by atoms with Crippen molar-refractivity contribution in [3.8, 4) is 11.1 Å². The highest BCUT2D eigenvalue weighted by Gasteiger charge is 2.33. The van der Waals surface area contributed by atoms with Crippen molar-refractivity contribution in [2.75, 3.05) is 0 Å². The molecule has 0 unspecified atom stereocenters. The normalized spacial score (nSPS) is 12.7. The van der Waals surface area contributed by atoms with Crippen molar-refractivity contribution in [2.45, 2.75) is 41.0 Å². The van der Waals surface area contributed by atoms with Gasteiger partial charge in [0.2, 0.25) is 6.71 Å². The molecule has 0 nitrogen and oxygen atoms in total. The van der Waals surface area contributed by atoms with E-state index in [-0.39, 0.29) is 0 Å². The lowest BCUT2D eigenvalue weighted by atomic mass is 9.38. The topological polar surface area (TPSA) is 0 Å². The van der Waals surface area contributed by atoms with Crippen LogP contribution in [0.1, 0.15) is 39.7 Å². The zero-order chi connectivity index (χ0) is 16.8. The molecule has 23 heavy (non-hydrogen) atoms. The molecule has 0 saturated heterocycles. The maximum atomic E-state index is 2.32. The Bertz CT molecular complexity index is 723. The first-order valence-electron chi connectivity index (χ1n) is 8.78. The average Bonchev–Trinajstić information content (AvgIpc) is 2.92. The van der Waals surface area contributed by atoms with Crippen LogP contribution in [0.5, 0.6) is 0 Å². The van der Waals surface area contributed by atoms with Crippen LogP contribution in [0.4, 0.5) is 0 Å². The molecule has 0 N–H and O–H groups in total. The zero-order valence-corrected chi connectivity index (χ0v) is 15.1. The van der Waals surface area contributed by atoms with Gasteiger partial charge in [-0.15, -0.1) is 0 Å². The van der Waals surface area contributed by atoms with Gasteiger partial charge in [0, 0.05) is 0 Å². The molecular weight excluding hydrogens is 275 g/mol. The standard InChI is InChI=1S/C20H21B.C2H6/c1-4-6-9-16(5-2)21-19-11-8-7-10-17(19)18-14-15(3)12-13-20(18)21;1-2/h5-14H,4H2,1-3H3;1-2H3/b9-6-,16-5+;. The Hall–Kier alpha value is -2.02. The molecule has 1 heteroatoms. The average molecular weight is 302 g/mol. The summed E-state index contributed by atoms with van der Waals surface area (Å²) in [6, 6.07) is 15.7. The van der Waals surface area contributed by atoms with Crippen LogP contribution in [0.2, 0.25) is 0 Å². The van der Waals surface area contributed by atoms with E-state index in [0.717, 1.165) is 6.42 Å². The van der Waals surface area contributed by atoms with Gasteiger partial charge >= 0.3 is 0 Å². The molecule has 2 aromatic carbocycles. The van der Waals surface area contributed by atoms with Crippen LogP contribution in [0, 0.1) is 6.92 Å². The first kappa shape index (κ1) is 17.3. The van der Waals surface area contributed by atoms with E-state index in [9.17, 15) is 0 Å². The van der Waals surface area contributed by atoms with Gasteiger partial charge in [0.05, 0.1) is 0 Å². The fraction of sp³-hybridized carbons (Fsp3) is 0.273. The fourth-order valence-electron chi connectivity index (χ4n) is 3.29. The molecule has 118 valence electrons. The molecule has 2 aromatic rings. The summed E-state index contributed by atoms with van der Waals surface area (Å²) in [5.74, 6) is 0. The van der Waals surface area contributed by atoms with Crippen molar-refractivity contribution < 1.29 is 0 Å². The summed E-state index contributed by atoms with van der Waals surface area (Å²) in [4.78, 5) is 0. The molecule has 0 spiro atoms. The van der Waals surface area contributed by atoms with Crippen LogP contribution in [-0.2, 0) is 0 Å². The molecule has 0 aromatic heterocycles. The highest BCUT2D eigenvalue weighted by molar-refractivity contribution is 6.95. The van der Waals surface area contributed by atoms with Crippen molar-refractivity contribution in [2.24, 2.45) is 0 Å². The molecule has 0 amide bonds. The largest absolute Gasteiger partial charge is 0.242 e. The quantitative estimate of drug-likeness (QED) is 0.549. The Morgan fingerprint density at radius 3 is 2.39 bits per heavy atom. The van der Waals surface area contributed by atoms with Gasteiger partial charge in [0.1, 0.15) is 0 Å². The molecule has 3 rings (SSSR count). The third-order valence-electron chi connectivity index (χ3n) is 4.29. The van der Waals surface area contributed by atoms with Crippen LogP contribution >= 0.6 is 0 Å². The molecule has 1 aliphatic rings. The van der Waals surface area contributed by atoms with Crippen LogP contribution < -0.4 is 10.9 Å². The van der Waals surface area contributed by atoms with E-state index in [1.54, 1.807) is 0 Å². The van der Waals surface area contributed by atoms with Gasteiger partial charge in [-0.05, 0) is 31.4 Å². The first-order valence-corrected chi connectivity index (χ1v) is 8.78. The van der Waals surface area contributed by atoms with Gasteiger partial charge in [-0.3, -0.25) is 0 Å². The van der Waals surface area contributed by atoms with E-state index in [0.29, 0.717) is 6.71 Å². The summed E-state index contributed by atoms with van der Waals surface area (Å²) in [6.07, 6.45) is 7.87. The number of fused-ring (bicyclic) bond motifs is 3. The number of benzene rings is 2. The maximum absolute atomic E-state index is 2.32. The predicted octanol–water partition coefficient (Wildman–Crippen LogP) is 5.06. The molecule has 0 aliphatic carbocycles. The molecule has 0 radical (unpaired) electrons. The minimum Gasteiger partial charge on any atom is -0.0924 e. The number of aryl methyl sites for hydroxylation is 1. The van der Waals surface area contributed by atoms with E-state index < -0.39 is 0 Å². The summed E-state index contributed by atoms with van der Waals surface area (Å²) < 4.78 is 0. The lowest BCUT2D eigenvalue weighted by molar-refractivity contribution is 1.22. The fourth-order valence-corrected chi connectivity index (χ4v) is 3.29. The third kappa shape index (κ3) is 3.34. The lowest BCUT2D eigenvalue weighted by Crippen LogP contribution is -2.39. The smallest absolute Gasteiger partial charge is 0.0924 e. The predicted molar refractivity (Wildman–Crippen MR) is 106 cm³/mol. The maximum Gasteiger partial charge on any atom is 0.242 e. The first-order chi connectivity index (χ1) is 11.3. The number of hydrogen-bond donors (Lipinski definition) is 0. The Kier molecular flexibility index (Phi) is 6.04. The summed E-state index contributed by atoms with van der Waals surface area (Å²) in [5.41, 5.74) is 8.40. The summed E-state index contributed by atoms with van der Waals surface area (Å²) in [7, 11) is 0. The third-order valence-corrected chi connectivity index (χ3v) is 4.29. The van der Waals surface area contributed by atoms with Gasteiger partial charge < -0.3 is 0 Å². The van der Waals surface area contributed by atoms with Gasteiger partial charge in [0.15, 0.2) is 0 Å². The highest BCUT2D eigenvalue weighted by atomic mass is 14.2. The van der Waals surface area contributed by atoms with Crippen molar-refractivity contribution >= 4 is 17.6 Å². The monoisotopic (exact) mass is 302 g/mol. The van der Waals surface area contributed by atoms with E-state index >= 15 is 0 Å². The molecule has 0 bridgehead atoms. The molecule has 0 saturated carbocycles. The second-order valence-corrected chi connectivity index (χ2v) is 5.71. The van der Waals surface area contributed by atoms with E-state index in [1.165, 1.54) is 33.1 Å². The number of hydrogen-bond acceptors (Lipinski definition) is 0. The second kappa shape index (κ2) is 8.01. The number of allylic oxidation sites excluding steroid dienone is 4. The SMILES string of the molecule is C/C=C(\C=C/CC)B1c2ccccc2-c2cc(C)ccc21.CC. The lowest BCUT2D eigenvalue weighted by Gasteiger charge is -2.11. The van der Waals surface area contributed by atoms with Crippen molar-refractivity contribution in [1.82, 2.24) is 0 Å². The molecule has 1 aliphatic heterocycles. The molecular formula is C22H27B. The minimum atomic E-state index is 0.379. The van der Waals surface area contributed by atoms with E-state index in [4.69, 9.17) is 0 Å². The van der Waals surface area contributed by atoms with Crippen molar-refractivity contribution in [3.05, 3.63) is 71.7 Å². The van der Waals surface area contributed by atoms with Crippen LogP contribution in [0.3, 0.4) is 0 Å². The van der Waals surface area contributed by atoms with Gasteiger partial charge in [0.25, 0.3) is 0 Å². The van der Waals surface area contributed by atoms with Gasteiger partial charge in [-0.2, -0.15) is 0 Å². The minimum absolute atomic E-state index is 0.379. The Balaban J connectivity index is 0.000000924. The number of rotatable bonds is 3. The van der Waals surface area contributed by atoms with E-state index in [2.05, 4.69) is 81.5 Å². The Labute approximate surface area is 142 Å². The highest BCUT2D eigenvalue weighted by Crippen LogP contribution is 2.26. The molecule has 1 heterocycles. The summed E-state index contributed by atoms with van der Waals surface area (Å²) in [6.45, 7) is 10.9. The zero-order valence-electron chi connectivity index (χ0n) is 15.1. The van der Waals surface area contributed by atoms with Gasteiger partial charge in [-0.1, -0.05) is 103 Å². The second-order valence-electron chi connectivity index (χ2n) is 5.71. The van der Waals surface area contributed by atoms with Crippen molar-refractivity contribution in [3.63, 3.8) is 0 Å². The Morgan fingerprint density at radius 2 is 1.70 bits per heavy atom. The van der Waals surface area contributed by atoms with Crippen LogP contribution in [0.25, 0.3) is 11.1 Å². The summed E-state index contributed by atoms with van der Waals surface area (Å²) in [5, 5.41) is 0. The molecule has 0 atom stereocenters. The van der Waals surface area contributed by atoms with Crippen LogP contribution in [-0.4, -0.2) is 6.71 Å². The van der Waals surface area contributed by atoms with Gasteiger partial charge in [-0.25, -0.2) is 0 Å². The van der Waals surface area contributed by atoms with Crippen molar-refractivity contribution in [1.29, 1.82) is 0 Å². The van der Waals surface area contributed by atoms with Crippen LogP contribution in [0.15, 0.2) is 66.2 Å². The van der Waals surface area contributed by atoms with E-state index in [1.807, 2.05) is 13.8 Å².